The van der Waals surface area contributed by atoms with Gasteiger partial charge in [-0.05, 0) is 18.2 Å². The van der Waals surface area contributed by atoms with Crippen molar-refractivity contribution in [2.75, 3.05) is 0 Å². The fourth-order valence-corrected chi connectivity index (χ4v) is 1.61. The Kier molecular flexibility index (Phi) is 4.91. The SMILES string of the molecule is O=C(O)c1cc(C(F)(F)F)nnc1Oc1cc(OC(F)(F)F)ccc1F. The molecule has 0 aliphatic heterocycles. The van der Waals surface area contributed by atoms with Gasteiger partial charge in [0.2, 0.25) is 0 Å². The van der Waals surface area contributed by atoms with Crippen molar-refractivity contribution in [2.24, 2.45) is 0 Å². The lowest BCUT2D eigenvalue weighted by atomic mass is 10.2. The van der Waals surface area contributed by atoms with E-state index >= 15 is 0 Å². The smallest absolute Gasteiger partial charge is 0.477 e. The molecule has 0 radical (unpaired) electrons. The molecule has 2 rings (SSSR count). The molecule has 0 atom stereocenters. The monoisotopic (exact) mass is 386 g/mol. The number of carbonyl (C=O) groups is 1. The van der Waals surface area contributed by atoms with Gasteiger partial charge < -0.3 is 14.6 Å². The third kappa shape index (κ3) is 4.70. The Bertz CT molecular complexity index is 836. The number of benzene rings is 1. The highest BCUT2D eigenvalue weighted by molar-refractivity contribution is 5.90. The van der Waals surface area contributed by atoms with Crippen LogP contribution in [0.1, 0.15) is 16.1 Å². The summed E-state index contributed by atoms with van der Waals surface area (Å²) in [7, 11) is 0. The number of alkyl halides is 6. The van der Waals surface area contributed by atoms with Gasteiger partial charge in [-0.1, -0.05) is 0 Å². The highest BCUT2D eigenvalue weighted by atomic mass is 19.4. The van der Waals surface area contributed by atoms with Gasteiger partial charge in [-0.2, -0.15) is 13.2 Å². The average Bonchev–Trinajstić information content (AvgIpc) is 2.48. The zero-order chi connectivity index (χ0) is 19.7. The molecule has 1 N–H and O–H groups in total. The van der Waals surface area contributed by atoms with Crippen molar-refractivity contribution < 1.29 is 50.1 Å². The fraction of sp³-hybridized carbons (Fsp3) is 0.154. The van der Waals surface area contributed by atoms with Gasteiger partial charge in [0.05, 0.1) is 0 Å². The van der Waals surface area contributed by atoms with Crippen LogP contribution in [0.5, 0.6) is 17.4 Å². The minimum atomic E-state index is -5.10. The quantitative estimate of drug-likeness (QED) is 0.800. The molecule has 0 saturated heterocycles. The summed E-state index contributed by atoms with van der Waals surface area (Å²) in [6.07, 6.45) is -10.1. The van der Waals surface area contributed by atoms with Crippen LogP contribution in [0.2, 0.25) is 0 Å². The van der Waals surface area contributed by atoms with Gasteiger partial charge in [-0.3, -0.25) is 0 Å². The Hall–Kier alpha value is -3.12. The molecular weight excluding hydrogens is 381 g/mol. The molecule has 0 saturated carbocycles. The number of hydrogen-bond donors (Lipinski definition) is 1. The van der Waals surface area contributed by atoms with Crippen molar-refractivity contribution in [1.82, 2.24) is 10.2 Å². The number of aromatic nitrogens is 2. The van der Waals surface area contributed by atoms with Crippen molar-refractivity contribution in [3.63, 3.8) is 0 Å². The maximum Gasteiger partial charge on any atom is 0.573 e. The number of aromatic carboxylic acids is 1. The Morgan fingerprint density at radius 2 is 1.69 bits per heavy atom. The van der Waals surface area contributed by atoms with Crippen molar-refractivity contribution in [1.29, 1.82) is 0 Å². The molecular formula is C13H5F7N2O4. The summed E-state index contributed by atoms with van der Waals surface area (Å²) in [6.45, 7) is 0. The van der Waals surface area contributed by atoms with Crippen LogP contribution in [0, 0.1) is 5.82 Å². The fourth-order valence-electron chi connectivity index (χ4n) is 1.61. The predicted molar refractivity (Wildman–Crippen MR) is 67.2 cm³/mol. The third-order valence-corrected chi connectivity index (χ3v) is 2.62. The van der Waals surface area contributed by atoms with Crippen molar-refractivity contribution in [3.05, 3.63) is 41.3 Å². The number of rotatable bonds is 4. The van der Waals surface area contributed by atoms with E-state index in [9.17, 15) is 35.5 Å². The molecule has 0 fully saturated rings. The lowest BCUT2D eigenvalue weighted by Crippen LogP contribution is -2.17. The molecule has 0 unspecified atom stereocenters. The van der Waals surface area contributed by atoms with Crippen LogP contribution in [-0.4, -0.2) is 27.6 Å². The first-order valence-electron chi connectivity index (χ1n) is 6.28. The van der Waals surface area contributed by atoms with Gasteiger partial charge >= 0.3 is 18.5 Å². The van der Waals surface area contributed by atoms with Gasteiger partial charge in [0.1, 0.15) is 11.3 Å². The predicted octanol–water partition coefficient (Wildman–Crippen LogP) is 4.02. The molecule has 0 amide bonds. The van der Waals surface area contributed by atoms with Crippen LogP contribution in [0.3, 0.4) is 0 Å². The van der Waals surface area contributed by atoms with Crippen molar-refractivity contribution in [3.8, 4) is 17.4 Å². The zero-order valence-corrected chi connectivity index (χ0v) is 12.0. The molecule has 1 aromatic carbocycles. The molecule has 1 aromatic heterocycles. The van der Waals surface area contributed by atoms with E-state index in [1.165, 1.54) is 0 Å². The van der Waals surface area contributed by atoms with E-state index in [1.807, 2.05) is 0 Å². The van der Waals surface area contributed by atoms with Gasteiger partial charge in [0.15, 0.2) is 17.3 Å². The minimum Gasteiger partial charge on any atom is -0.477 e. The largest absolute Gasteiger partial charge is 0.573 e. The van der Waals surface area contributed by atoms with Gasteiger partial charge in [-0.15, -0.1) is 23.4 Å². The second kappa shape index (κ2) is 6.65. The van der Waals surface area contributed by atoms with E-state index in [0.29, 0.717) is 18.2 Å². The molecule has 1 heterocycles. The van der Waals surface area contributed by atoms with E-state index in [4.69, 9.17) is 5.11 Å². The van der Waals surface area contributed by atoms with Crippen LogP contribution >= 0.6 is 0 Å². The van der Waals surface area contributed by atoms with Crippen LogP contribution in [0.25, 0.3) is 0 Å². The first-order valence-corrected chi connectivity index (χ1v) is 6.28. The van der Waals surface area contributed by atoms with Crippen LogP contribution in [-0.2, 0) is 6.18 Å². The first-order chi connectivity index (χ1) is 11.9. The molecule has 0 bridgehead atoms. The Morgan fingerprint density at radius 3 is 2.23 bits per heavy atom. The summed E-state index contributed by atoms with van der Waals surface area (Å²) in [6, 6.07) is 1.60. The van der Waals surface area contributed by atoms with Crippen molar-refractivity contribution >= 4 is 5.97 Å². The summed E-state index contributed by atoms with van der Waals surface area (Å²) in [4.78, 5) is 11.0. The van der Waals surface area contributed by atoms with E-state index in [0.717, 1.165) is 0 Å². The summed E-state index contributed by atoms with van der Waals surface area (Å²) < 4.78 is 96.0. The van der Waals surface area contributed by atoms with Gasteiger partial charge in [0, 0.05) is 6.07 Å². The van der Waals surface area contributed by atoms with E-state index in [-0.39, 0.29) is 6.07 Å². The molecule has 140 valence electrons. The number of halogens is 7. The summed E-state index contributed by atoms with van der Waals surface area (Å²) in [5.74, 6) is -6.11. The summed E-state index contributed by atoms with van der Waals surface area (Å²) >= 11 is 0. The van der Waals surface area contributed by atoms with Crippen LogP contribution in [0.4, 0.5) is 30.7 Å². The van der Waals surface area contributed by atoms with Gasteiger partial charge in [0.25, 0.3) is 5.88 Å². The maximum atomic E-state index is 13.7. The third-order valence-electron chi connectivity index (χ3n) is 2.62. The molecule has 0 aliphatic carbocycles. The Labute approximate surface area is 138 Å². The van der Waals surface area contributed by atoms with Crippen molar-refractivity contribution in [2.45, 2.75) is 12.5 Å². The normalized spacial score (nSPS) is 12.0. The second-order valence-corrected chi connectivity index (χ2v) is 4.49. The molecule has 2 aromatic rings. The lowest BCUT2D eigenvalue weighted by molar-refractivity contribution is -0.274. The molecule has 6 nitrogen and oxygen atoms in total. The lowest BCUT2D eigenvalue weighted by Gasteiger charge is -2.12. The number of hydrogen-bond acceptors (Lipinski definition) is 5. The molecule has 0 spiro atoms. The maximum absolute atomic E-state index is 13.7. The first kappa shape index (κ1) is 19.2. The number of carboxylic acids is 1. The van der Waals surface area contributed by atoms with Gasteiger partial charge in [-0.25, -0.2) is 9.18 Å². The number of ether oxygens (including phenoxy) is 2. The standard InChI is InChI=1S/C13H5F7N2O4/c14-7-2-1-5(26-13(18,19)20)3-8(7)25-10-6(11(23)24)4-9(21-22-10)12(15,16)17/h1-4H,(H,23,24). The Morgan fingerprint density at radius 1 is 1.04 bits per heavy atom. The highest BCUT2D eigenvalue weighted by Gasteiger charge is 2.35. The average molecular weight is 386 g/mol. The molecule has 13 heteroatoms. The van der Waals surface area contributed by atoms with E-state index < -0.39 is 53.0 Å². The summed E-state index contributed by atoms with van der Waals surface area (Å²) in [5.41, 5.74) is -2.79. The van der Waals surface area contributed by atoms with Crippen LogP contribution < -0.4 is 9.47 Å². The zero-order valence-electron chi connectivity index (χ0n) is 12.0. The highest BCUT2D eigenvalue weighted by Crippen LogP contribution is 2.33. The molecule has 26 heavy (non-hydrogen) atoms. The number of carboxylic acid groups (broad SMARTS) is 1. The topological polar surface area (TPSA) is 81.5 Å². The minimum absolute atomic E-state index is 0.0820. The number of nitrogens with zero attached hydrogens (tertiary/aromatic N) is 2. The second-order valence-electron chi connectivity index (χ2n) is 4.49. The molecule has 0 aliphatic rings. The van der Waals surface area contributed by atoms with E-state index in [1.54, 1.807) is 0 Å². The Balaban J connectivity index is 2.42. The summed E-state index contributed by atoms with van der Waals surface area (Å²) in [5, 5.41) is 14.5. The van der Waals surface area contributed by atoms with Crippen LogP contribution in [0.15, 0.2) is 24.3 Å². The van der Waals surface area contributed by atoms with E-state index in [2.05, 4.69) is 19.7 Å².